The number of carbonyl (C=O) groups is 1. The first-order valence-corrected chi connectivity index (χ1v) is 8.32. The first kappa shape index (κ1) is 15.7. The van der Waals surface area contributed by atoms with Gasteiger partial charge in [-0.3, -0.25) is 4.79 Å². The van der Waals surface area contributed by atoms with Gasteiger partial charge in [-0.25, -0.2) is 9.97 Å². The van der Waals surface area contributed by atoms with Crippen LogP contribution in [-0.2, 0) is 17.6 Å². The number of fused-ring (bicyclic) bond motifs is 1. The van der Waals surface area contributed by atoms with Gasteiger partial charge in [0, 0.05) is 18.0 Å². The summed E-state index contributed by atoms with van der Waals surface area (Å²) in [5.74, 6) is -0.249. The van der Waals surface area contributed by atoms with Gasteiger partial charge in [0.25, 0.3) is 0 Å². The minimum Gasteiger partial charge on any atom is -0.349 e. The highest BCUT2D eigenvalue weighted by molar-refractivity contribution is 5.83. The summed E-state index contributed by atoms with van der Waals surface area (Å²) in [7, 11) is 0. The second kappa shape index (κ2) is 6.90. The Morgan fingerprint density at radius 1 is 1.04 bits per heavy atom. The van der Waals surface area contributed by atoms with Gasteiger partial charge < -0.3 is 5.32 Å². The standard InChI is InChI=1S/C19H23N3O/c1-13(18-10-20-12-21-11-18)19(23)22-14(2)16-8-7-15-5-3-4-6-17(15)9-16/h7-14H,3-6H2,1-2H3,(H,22,23). The van der Waals surface area contributed by atoms with E-state index in [1.54, 1.807) is 12.4 Å². The van der Waals surface area contributed by atoms with Crippen molar-refractivity contribution in [3.05, 3.63) is 59.2 Å². The van der Waals surface area contributed by atoms with Crippen LogP contribution >= 0.6 is 0 Å². The van der Waals surface area contributed by atoms with Crippen LogP contribution in [0.5, 0.6) is 0 Å². The molecule has 3 rings (SSSR count). The highest BCUT2D eigenvalue weighted by Crippen LogP contribution is 2.25. The number of aromatic nitrogens is 2. The number of amides is 1. The average molecular weight is 309 g/mol. The molecular weight excluding hydrogens is 286 g/mol. The summed E-state index contributed by atoms with van der Waals surface area (Å²) in [5.41, 5.74) is 4.92. The lowest BCUT2D eigenvalue weighted by Crippen LogP contribution is -2.30. The Morgan fingerprint density at radius 3 is 2.48 bits per heavy atom. The smallest absolute Gasteiger partial charge is 0.227 e. The Hall–Kier alpha value is -2.23. The van der Waals surface area contributed by atoms with E-state index in [9.17, 15) is 4.79 Å². The van der Waals surface area contributed by atoms with Gasteiger partial charge in [-0.1, -0.05) is 18.2 Å². The number of nitrogens with zero attached hydrogens (tertiary/aromatic N) is 2. The average Bonchev–Trinajstić information content (AvgIpc) is 2.61. The molecule has 4 heteroatoms. The van der Waals surface area contributed by atoms with Crippen LogP contribution < -0.4 is 5.32 Å². The number of carbonyl (C=O) groups excluding carboxylic acids is 1. The highest BCUT2D eigenvalue weighted by Gasteiger charge is 2.19. The van der Waals surface area contributed by atoms with Crippen molar-refractivity contribution in [1.82, 2.24) is 15.3 Å². The molecule has 2 unspecified atom stereocenters. The molecule has 1 aromatic heterocycles. The Kier molecular flexibility index (Phi) is 4.70. The van der Waals surface area contributed by atoms with Crippen LogP contribution in [-0.4, -0.2) is 15.9 Å². The summed E-state index contributed by atoms with van der Waals surface area (Å²) in [6, 6.07) is 6.63. The molecule has 1 N–H and O–H groups in total. The first-order chi connectivity index (χ1) is 11.1. The van der Waals surface area contributed by atoms with Gasteiger partial charge >= 0.3 is 0 Å². The molecule has 1 aliphatic carbocycles. The zero-order valence-corrected chi connectivity index (χ0v) is 13.7. The van der Waals surface area contributed by atoms with Crippen molar-refractivity contribution >= 4 is 5.91 Å². The lowest BCUT2D eigenvalue weighted by molar-refractivity contribution is -0.122. The molecule has 2 aromatic rings. The van der Waals surface area contributed by atoms with Crippen LogP contribution in [0, 0.1) is 0 Å². The van der Waals surface area contributed by atoms with E-state index in [2.05, 4.69) is 33.5 Å². The minimum atomic E-state index is -0.253. The molecule has 2 atom stereocenters. The van der Waals surface area contributed by atoms with Crippen molar-refractivity contribution in [1.29, 1.82) is 0 Å². The molecule has 0 saturated heterocycles. The first-order valence-electron chi connectivity index (χ1n) is 8.32. The summed E-state index contributed by atoms with van der Waals surface area (Å²) >= 11 is 0. The monoisotopic (exact) mass is 309 g/mol. The van der Waals surface area contributed by atoms with Gasteiger partial charge in [-0.2, -0.15) is 0 Å². The number of hydrogen-bond acceptors (Lipinski definition) is 3. The van der Waals surface area contributed by atoms with Crippen molar-refractivity contribution in [2.45, 2.75) is 51.5 Å². The largest absolute Gasteiger partial charge is 0.349 e. The van der Waals surface area contributed by atoms with Crippen LogP contribution in [0.15, 0.2) is 36.9 Å². The number of aryl methyl sites for hydroxylation is 2. The van der Waals surface area contributed by atoms with Gasteiger partial charge in [0.1, 0.15) is 6.33 Å². The van der Waals surface area contributed by atoms with Crippen LogP contribution in [0.25, 0.3) is 0 Å². The Morgan fingerprint density at radius 2 is 1.74 bits per heavy atom. The molecule has 23 heavy (non-hydrogen) atoms. The molecule has 1 aliphatic rings. The third-order valence-corrected chi connectivity index (χ3v) is 4.71. The molecule has 0 bridgehead atoms. The quantitative estimate of drug-likeness (QED) is 0.942. The van der Waals surface area contributed by atoms with Crippen molar-refractivity contribution in [2.24, 2.45) is 0 Å². The predicted octanol–water partition coefficient (Wildman–Crippen LogP) is 3.34. The fourth-order valence-corrected chi connectivity index (χ4v) is 3.13. The van der Waals surface area contributed by atoms with E-state index in [4.69, 9.17) is 0 Å². The zero-order valence-electron chi connectivity index (χ0n) is 13.7. The summed E-state index contributed by atoms with van der Waals surface area (Å²) in [6.07, 6.45) is 9.76. The van der Waals surface area contributed by atoms with Gasteiger partial charge in [0.2, 0.25) is 5.91 Å². The third kappa shape index (κ3) is 3.58. The minimum absolute atomic E-state index is 0.00167. The molecular formula is C19H23N3O. The number of hydrogen-bond donors (Lipinski definition) is 1. The molecule has 4 nitrogen and oxygen atoms in total. The lowest BCUT2D eigenvalue weighted by atomic mass is 9.89. The van der Waals surface area contributed by atoms with Crippen molar-refractivity contribution in [2.75, 3.05) is 0 Å². The topological polar surface area (TPSA) is 54.9 Å². The summed E-state index contributed by atoms with van der Waals surface area (Å²) < 4.78 is 0. The number of nitrogens with one attached hydrogen (secondary N) is 1. The van der Waals surface area contributed by atoms with Gasteiger partial charge in [-0.05, 0) is 56.2 Å². The second-order valence-electron chi connectivity index (χ2n) is 6.36. The normalized spacial score (nSPS) is 16.3. The van der Waals surface area contributed by atoms with E-state index >= 15 is 0 Å². The Bertz CT molecular complexity index is 684. The molecule has 1 aromatic carbocycles. The second-order valence-corrected chi connectivity index (χ2v) is 6.36. The predicted molar refractivity (Wildman–Crippen MR) is 90.1 cm³/mol. The van der Waals surface area contributed by atoms with E-state index in [0.29, 0.717) is 0 Å². The van der Waals surface area contributed by atoms with Gasteiger partial charge in [0.15, 0.2) is 0 Å². The maximum Gasteiger partial charge on any atom is 0.227 e. The van der Waals surface area contributed by atoms with Crippen molar-refractivity contribution < 1.29 is 4.79 Å². The molecule has 0 aliphatic heterocycles. The molecule has 0 radical (unpaired) electrons. The molecule has 0 saturated carbocycles. The number of rotatable bonds is 4. The molecule has 1 heterocycles. The van der Waals surface area contributed by atoms with E-state index in [-0.39, 0.29) is 17.9 Å². The van der Waals surface area contributed by atoms with Crippen molar-refractivity contribution in [3.8, 4) is 0 Å². The van der Waals surface area contributed by atoms with Crippen molar-refractivity contribution in [3.63, 3.8) is 0 Å². The summed E-state index contributed by atoms with van der Waals surface area (Å²) in [5, 5.41) is 3.11. The van der Waals surface area contributed by atoms with E-state index in [1.165, 1.54) is 42.3 Å². The fraction of sp³-hybridized carbons (Fsp3) is 0.421. The van der Waals surface area contributed by atoms with Crippen LogP contribution in [0.4, 0.5) is 0 Å². The molecule has 0 fully saturated rings. The SMILES string of the molecule is CC(NC(=O)C(C)c1cncnc1)c1ccc2c(c1)CCCC2. The maximum absolute atomic E-state index is 12.4. The van der Waals surface area contributed by atoms with Crippen LogP contribution in [0.1, 0.15) is 60.9 Å². The van der Waals surface area contributed by atoms with E-state index < -0.39 is 0 Å². The lowest BCUT2D eigenvalue weighted by Gasteiger charge is -2.21. The number of benzene rings is 1. The van der Waals surface area contributed by atoms with Crippen LogP contribution in [0.2, 0.25) is 0 Å². The van der Waals surface area contributed by atoms with Gasteiger partial charge in [0.05, 0.1) is 12.0 Å². The molecule has 120 valence electrons. The fourth-order valence-electron chi connectivity index (χ4n) is 3.13. The molecule has 1 amide bonds. The van der Waals surface area contributed by atoms with E-state index in [0.717, 1.165) is 12.0 Å². The Balaban J connectivity index is 1.69. The summed E-state index contributed by atoms with van der Waals surface area (Å²) in [4.78, 5) is 20.4. The van der Waals surface area contributed by atoms with Gasteiger partial charge in [-0.15, -0.1) is 0 Å². The zero-order chi connectivity index (χ0) is 16.2. The van der Waals surface area contributed by atoms with E-state index in [1.807, 2.05) is 13.8 Å². The molecule has 0 spiro atoms. The summed E-state index contributed by atoms with van der Waals surface area (Å²) in [6.45, 7) is 3.92. The third-order valence-electron chi connectivity index (χ3n) is 4.71. The Labute approximate surface area is 137 Å². The maximum atomic E-state index is 12.4. The highest BCUT2D eigenvalue weighted by atomic mass is 16.1. The van der Waals surface area contributed by atoms with Crippen LogP contribution in [0.3, 0.4) is 0 Å².